The normalized spacial score (nSPS) is 14.8. The van der Waals surface area contributed by atoms with Crippen LogP contribution in [0.15, 0.2) is 42.7 Å². The van der Waals surface area contributed by atoms with Gasteiger partial charge in [0.2, 0.25) is 5.95 Å². The molecule has 2 aromatic heterocycles. The van der Waals surface area contributed by atoms with Gasteiger partial charge < -0.3 is 19.9 Å². The van der Waals surface area contributed by atoms with Gasteiger partial charge in [0.25, 0.3) is 5.91 Å². The molecule has 0 bridgehead atoms. The van der Waals surface area contributed by atoms with Crippen molar-refractivity contribution in [2.45, 2.75) is 45.8 Å². The second-order valence-electron chi connectivity index (χ2n) is 8.15. The number of aromatic nitrogens is 4. The highest BCUT2D eigenvalue weighted by molar-refractivity contribution is 5.94. The Morgan fingerprint density at radius 2 is 1.84 bits per heavy atom. The Morgan fingerprint density at radius 1 is 1.13 bits per heavy atom. The fourth-order valence-electron chi connectivity index (χ4n) is 3.93. The van der Waals surface area contributed by atoms with Gasteiger partial charge in [0.1, 0.15) is 5.82 Å². The Balaban J connectivity index is 1.48. The van der Waals surface area contributed by atoms with Crippen LogP contribution in [0.3, 0.4) is 0 Å². The fourth-order valence-corrected chi connectivity index (χ4v) is 3.93. The molecule has 3 aromatic rings. The number of likely N-dealkylation sites (tertiary alicyclic amines) is 1. The number of carbonyl (C=O) groups excluding carboxylic acids is 1. The van der Waals surface area contributed by atoms with E-state index in [1.807, 2.05) is 31.3 Å². The number of rotatable bonds is 5. The molecule has 0 atom stereocenters. The van der Waals surface area contributed by atoms with Crippen molar-refractivity contribution < 1.29 is 9.90 Å². The number of hydrogen-bond donors (Lipinski definition) is 2. The Labute approximate surface area is 182 Å². The highest BCUT2D eigenvalue weighted by Crippen LogP contribution is 2.24. The van der Waals surface area contributed by atoms with E-state index in [1.165, 1.54) is 0 Å². The predicted molar refractivity (Wildman–Crippen MR) is 119 cm³/mol. The molecule has 1 aliphatic rings. The topological polar surface area (TPSA) is 96.2 Å². The van der Waals surface area contributed by atoms with Gasteiger partial charge >= 0.3 is 0 Å². The van der Waals surface area contributed by atoms with Crippen LogP contribution in [-0.4, -0.2) is 54.6 Å². The van der Waals surface area contributed by atoms with Crippen LogP contribution >= 0.6 is 0 Å². The lowest BCUT2D eigenvalue weighted by atomic mass is 10.1. The van der Waals surface area contributed by atoms with E-state index in [0.29, 0.717) is 37.4 Å². The molecule has 4 rings (SSSR count). The first-order chi connectivity index (χ1) is 14.9. The molecule has 8 heteroatoms. The number of anilines is 2. The lowest BCUT2D eigenvalue weighted by Crippen LogP contribution is -2.40. The minimum atomic E-state index is -0.297. The molecule has 0 radical (unpaired) electrons. The molecule has 8 nitrogen and oxygen atoms in total. The molecular weight excluding hydrogens is 392 g/mol. The summed E-state index contributed by atoms with van der Waals surface area (Å²) in [5, 5.41) is 12.8. The molecule has 1 fully saturated rings. The number of hydrogen-bond acceptors (Lipinski definition) is 6. The smallest absolute Gasteiger partial charge is 0.253 e. The highest BCUT2D eigenvalue weighted by Gasteiger charge is 2.22. The third-order valence-electron chi connectivity index (χ3n) is 5.56. The molecule has 0 aliphatic carbocycles. The summed E-state index contributed by atoms with van der Waals surface area (Å²) in [5.41, 5.74) is 3.18. The monoisotopic (exact) mass is 420 g/mol. The van der Waals surface area contributed by atoms with E-state index in [1.54, 1.807) is 23.2 Å². The summed E-state index contributed by atoms with van der Waals surface area (Å²) < 4.78 is 2.14. The maximum atomic E-state index is 12.7. The van der Waals surface area contributed by atoms with Crippen molar-refractivity contribution in [2.75, 3.05) is 18.4 Å². The Morgan fingerprint density at radius 3 is 2.52 bits per heavy atom. The lowest BCUT2D eigenvalue weighted by Gasteiger charge is -2.29. The maximum absolute atomic E-state index is 12.7. The zero-order valence-electron chi connectivity index (χ0n) is 18.1. The van der Waals surface area contributed by atoms with Crippen LogP contribution in [0.5, 0.6) is 0 Å². The fraction of sp³-hybridized carbons (Fsp3) is 0.391. The van der Waals surface area contributed by atoms with Crippen molar-refractivity contribution in [2.24, 2.45) is 0 Å². The van der Waals surface area contributed by atoms with Gasteiger partial charge in [-0.25, -0.2) is 15.0 Å². The lowest BCUT2D eigenvalue weighted by molar-refractivity contribution is 0.0546. The average molecular weight is 421 g/mol. The van der Waals surface area contributed by atoms with E-state index in [4.69, 9.17) is 0 Å². The van der Waals surface area contributed by atoms with E-state index in [-0.39, 0.29) is 18.1 Å². The minimum Gasteiger partial charge on any atom is -0.393 e. The second kappa shape index (κ2) is 8.85. The summed E-state index contributed by atoms with van der Waals surface area (Å²) in [5.74, 6) is 1.42. The second-order valence-corrected chi connectivity index (χ2v) is 8.15. The number of benzene rings is 1. The molecule has 0 saturated carbocycles. The summed E-state index contributed by atoms with van der Waals surface area (Å²) in [7, 11) is 0. The third kappa shape index (κ3) is 4.59. The molecule has 1 saturated heterocycles. The van der Waals surface area contributed by atoms with Crippen molar-refractivity contribution in [1.82, 2.24) is 24.4 Å². The summed E-state index contributed by atoms with van der Waals surface area (Å²) in [6.07, 6.45) is 4.53. The Kier molecular flexibility index (Phi) is 5.99. The van der Waals surface area contributed by atoms with Crippen LogP contribution in [0.2, 0.25) is 0 Å². The number of aliphatic hydroxyl groups is 1. The first kappa shape index (κ1) is 21.0. The zero-order valence-corrected chi connectivity index (χ0v) is 18.1. The number of nitrogens with zero attached hydrogens (tertiary/aromatic N) is 5. The van der Waals surface area contributed by atoms with E-state index in [0.717, 1.165) is 22.9 Å². The van der Waals surface area contributed by atoms with Gasteiger partial charge in [-0.2, -0.15) is 0 Å². The Bertz CT molecular complexity index is 1050. The van der Waals surface area contributed by atoms with E-state index >= 15 is 0 Å². The first-order valence-electron chi connectivity index (χ1n) is 10.6. The van der Waals surface area contributed by atoms with Crippen molar-refractivity contribution >= 4 is 17.5 Å². The number of piperidine rings is 1. The van der Waals surface area contributed by atoms with Gasteiger partial charge in [-0.3, -0.25) is 4.79 Å². The molecular formula is C23H28N6O2. The van der Waals surface area contributed by atoms with Gasteiger partial charge in [-0.1, -0.05) is 0 Å². The number of aryl methyl sites for hydroxylation is 1. The Hall–Kier alpha value is -3.26. The minimum absolute atomic E-state index is 0.00554. The van der Waals surface area contributed by atoms with Crippen LogP contribution in [0.4, 0.5) is 11.6 Å². The van der Waals surface area contributed by atoms with E-state index in [9.17, 15) is 9.90 Å². The molecule has 1 amide bonds. The van der Waals surface area contributed by atoms with Crippen molar-refractivity contribution in [1.29, 1.82) is 0 Å². The molecule has 2 N–H and O–H groups in total. The molecule has 1 aliphatic heterocycles. The average Bonchev–Trinajstić information content (AvgIpc) is 3.16. The van der Waals surface area contributed by atoms with Crippen LogP contribution in [-0.2, 0) is 0 Å². The molecule has 0 unspecified atom stereocenters. The molecule has 1 aromatic carbocycles. The molecule has 0 spiro atoms. The van der Waals surface area contributed by atoms with Crippen molar-refractivity contribution in [3.8, 4) is 11.4 Å². The SMILES string of the molecule is Cc1ncc(-c2ccnc(Nc3ccc(C(=O)N4CCC(O)CC4)cc3)n2)n1C(C)C. The predicted octanol–water partition coefficient (Wildman–Crippen LogP) is 3.57. The molecule has 3 heterocycles. The summed E-state index contributed by atoms with van der Waals surface area (Å²) in [6, 6.07) is 9.46. The van der Waals surface area contributed by atoms with Crippen molar-refractivity contribution in [3.05, 3.63) is 54.1 Å². The first-order valence-corrected chi connectivity index (χ1v) is 10.6. The number of amides is 1. The van der Waals surface area contributed by atoms with Crippen LogP contribution in [0.25, 0.3) is 11.4 Å². The van der Waals surface area contributed by atoms with E-state index in [2.05, 4.69) is 38.7 Å². The summed E-state index contributed by atoms with van der Waals surface area (Å²) in [4.78, 5) is 27.9. The van der Waals surface area contributed by atoms with E-state index < -0.39 is 0 Å². The quantitative estimate of drug-likeness (QED) is 0.655. The van der Waals surface area contributed by atoms with Crippen LogP contribution < -0.4 is 5.32 Å². The zero-order chi connectivity index (χ0) is 22.0. The van der Waals surface area contributed by atoms with Gasteiger partial charge in [-0.05, 0) is 63.9 Å². The van der Waals surface area contributed by atoms with Crippen molar-refractivity contribution in [3.63, 3.8) is 0 Å². The number of nitrogens with one attached hydrogen (secondary N) is 1. The maximum Gasteiger partial charge on any atom is 0.253 e. The number of imidazole rings is 1. The van der Waals surface area contributed by atoms with Crippen LogP contribution in [0.1, 0.15) is 48.9 Å². The summed E-state index contributed by atoms with van der Waals surface area (Å²) in [6.45, 7) is 7.40. The van der Waals surface area contributed by atoms with Gasteiger partial charge in [0, 0.05) is 36.6 Å². The summed E-state index contributed by atoms with van der Waals surface area (Å²) >= 11 is 0. The number of carbonyl (C=O) groups is 1. The third-order valence-corrected chi connectivity index (χ3v) is 5.56. The van der Waals surface area contributed by atoms with Gasteiger partial charge in [0.15, 0.2) is 0 Å². The van der Waals surface area contributed by atoms with Gasteiger partial charge in [0.05, 0.1) is 23.7 Å². The standard InChI is InChI=1S/C23H28N6O2/c1-15(2)29-16(3)25-14-21(29)20-8-11-24-23(27-20)26-18-6-4-17(5-7-18)22(31)28-12-9-19(30)10-13-28/h4-8,11,14-15,19,30H,9-10,12-13H2,1-3H3,(H,24,26,27). The molecule has 31 heavy (non-hydrogen) atoms. The van der Waals surface area contributed by atoms with Gasteiger partial charge in [-0.15, -0.1) is 0 Å². The number of aliphatic hydroxyl groups excluding tert-OH is 1. The molecule has 162 valence electrons. The highest BCUT2D eigenvalue weighted by atomic mass is 16.3. The largest absolute Gasteiger partial charge is 0.393 e. The van der Waals surface area contributed by atoms with Crippen LogP contribution in [0, 0.1) is 6.92 Å².